The normalized spacial score (nSPS) is 12.6. The summed E-state index contributed by atoms with van der Waals surface area (Å²) in [6, 6.07) is 8.30. The average molecular weight is 430 g/mol. The lowest BCUT2D eigenvalue weighted by Gasteiger charge is -2.16. The van der Waals surface area contributed by atoms with Crippen LogP contribution in [0.5, 0.6) is 0 Å². The van der Waals surface area contributed by atoms with Gasteiger partial charge in [-0.3, -0.25) is 9.63 Å². The number of benzene rings is 2. The first-order valence-corrected chi connectivity index (χ1v) is 9.73. The number of sulfonamides is 1. The molecule has 0 bridgehead atoms. The van der Waals surface area contributed by atoms with Gasteiger partial charge in [-0.15, -0.1) is 0 Å². The molecule has 28 heavy (non-hydrogen) atoms. The minimum atomic E-state index is -4.10. The summed E-state index contributed by atoms with van der Waals surface area (Å²) in [6.07, 6.45) is -1.17. The van der Waals surface area contributed by atoms with Gasteiger partial charge in [-0.2, -0.15) is 0 Å². The molecule has 0 unspecified atom stereocenters. The number of rotatable bonds is 7. The van der Waals surface area contributed by atoms with Gasteiger partial charge in [-0.05, 0) is 49.4 Å². The smallest absolute Gasteiger partial charge is 0.338 e. The van der Waals surface area contributed by atoms with Crippen molar-refractivity contribution in [1.82, 2.24) is 4.47 Å². The Labute approximate surface area is 166 Å². The van der Waals surface area contributed by atoms with E-state index in [1.807, 2.05) is 0 Å². The monoisotopic (exact) mass is 429 g/mol. The molecule has 1 atom stereocenters. The van der Waals surface area contributed by atoms with Crippen molar-refractivity contribution in [2.45, 2.75) is 17.9 Å². The van der Waals surface area contributed by atoms with Gasteiger partial charge < -0.3 is 4.74 Å². The molecule has 2 aromatic carbocycles. The molecule has 0 radical (unpaired) electrons. The van der Waals surface area contributed by atoms with E-state index >= 15 is 0 Å². The summed E-state index contributed by atoms with van der Waals surface area (Å²) in [5, 5.41) is -0.115. The van der Waals surface area contributed by atoms with Crippen LogP contribution in [-0.4, -0.2) is 44.9 Å². The van der Waals surface area contributed by atoms with E-state index in [1.165, 1.54) is 38.2 Å². The first kappa shape index (κ1) is 22.0. The van der Waals surface area contributed by atoms with Gasteiger partial charge in [0.25, 0.3) is 10.0 Å². The zero-order valence-electron chi connectivity index (χ0n) is 15.2. The highest BCUT2D eigenvalue weighted by Crippen LogP contribution is 2.26. The molecule has 0 aliphatic carbocycles. The molecule has 2 rings (SSSR count). The van der Waals surface area contributed by atoms with E-state index < -0.39 is 33.7 Å². The largest absolute Gasteiger partial charge is 0.451 e. The molecular weight excluding hydrogens is 413 g/mol. The molecule has 0 aliphatic heterocycles. The lowest BCUT2D eigenvalue weighted by atomic mass is 10.1. The summed E-state index contributed by atoms with van der Waals surface area (Å²) in [5.41, 5.74) is 0.0500. The second-order valence-electron chi connectivity index (χ2n) is 5.66. The molecule has 7 nitrogen and oxygen atoms in total. The molecular formula is C18H17ClFNO6S. The number of halogens is 2. The van der Waals surface area contributed by atoms with Gasteiger partial charge in [-0.1, -0.05) is 16.1 Å². The molecule has 0 saturated heterocycles. The third kappa shape index (κ3) is 4.74. The van der Waals surface area contributed by atoms with Crippen molar-refractivity contribution in [3.8, 4) is 0 Å². The Morgan fingerprint density at radius 1 is 1.11 bits per heavy atom. The zero-order valence-corrected chi connectivity index (χ0v) is 16.8. The maximum absolute atomic E-state index is 13.0. The second kappa shape index (κ2) is 8.78. The first-order valence-electron chi connectivity index (χ1n) is 7.91. The Bertz CT molecular complexity index is 994. The van der Waals surface area contributed by atoms with E-state index in [2.05, 4.69) is 4.84 Å². The summed E-state index contributed by atoms with van der Waals surface area (Å²) in [5.74, 6) is -1.96. The van der Waals surface area contributed by atoms with Crippen LogP contribution in [-0.2, 0) is 19.6 Å². The number of nitrogens with zero attached hydrogens (tertiary/aromatic N) is 1. The SMILES string of the molecule is CON(C)S(=O)(=O)c1cc(C(=O)O[C@H](C)C(=O)c2ccc(F)cc2)ccc1Cl. The molecule has 0 saturated carbocycles. The highest BCUT2D eigenvalue weighted by atomic mass is 35.5. The number of carbonyl (C=O) groups excluding carboxylic acids is 2. The van der Waals surface area contributed by atoms with Gasteiger partial charge in [0.2, 0.25) is 5.78 Å². The van der Waals surface area contributed by atoms with E-state index in [1.54, 1.807) is 0 Å². The van der Waals surface area contributed by atoms with Crippen molar-refractivity contribution in [2.24, 2.45) is 0 Å². The van der Waals surface area contributed by atoms with Crippen molar-refractivity contribution in [1.29, 1.82) is 0 Å². The molecule has 0 spiro atoms. The number of carbonyl (C=O) groups is 2. The summed E-state index contributed by atoms with van der Waals surface area (Å²) in [6.45, 7) is 1.36. The summed E-state index contributed by atoms with van der Waals surface area (Å²) < 4.78 is 43.4. The maximum atomic E-state index is 13.0. The highest BCUT2D eigenvalue weighted by molar-refractivity contribution is 7.89. The van der Waals surface area contributed by atoms with Crippen molar-refractivity contribution < 1.29 is 32.0 Å². The third-order valence-corrected chi connectivity index (χ3v) is 5.98. The van der Waals surface area contributed by atoms with E-state index in [0.717, 1.165) is 25.3 Å². The average Bonchev–Trinajstić information content (AvgIpc) is 2.67. The number of hydrogen-bond acceptors (Lipinski definition) is 6. The fourth-order valence-corrected chi connectivity index (χ4v) is 3.67. The lowest BCUT2D eigenvalue weighted by molar-refractivity contribution is -0.0258. The molecule has 10 heteroatoms. The number of ether oxygens (including phenoxy) is 1. The lowest BCUT2D eigenvalue weighted by Crippen LogP contribution is -2.27. The summed E-state index contributed by atoms with van der Waals surface area (Å²) in [7, 11) is -1.77. The van der Waals surface area contributed by atoms with E-state index in [4.69, 9.17) is 16.3 Å². The molecule has 2 aromatic rings. The van der Waals surface area contributed by atoms with Crippen molar-refractivity contribution in [3.05, 3.63) is 64.4 Å². The molecule has 0 amide bonds. The minimum absolute atomic E-state index is 0.115. The van der Waals surface area contributed by atoms with Crippen LogP contribution >= 0.6 is 11.6 Å². The topological polar surface area (TPSA) is 90.0 Å². The standard InChI is InChI=1S/C18H17ClFNO6S/c1-11(17(22)12-4-7-14(20)8-5-12)27-18(23)13-6-9-15(19)16(10-13)28(24,25)21(2)26-3/h4-11H,1-3H3/t11-/m1/s1. The number of ketones is 1. The van der Waals surface area contributed by atoms with Crippen LogP contribution < -0.4 is 0 Å². The maximum Gasteiger partial charge on any atom is 0.338 e. The predicted molar refractivity (Wildman–Crippen MR) is 99.0 cm³/mol. The number of hydroxylamine groups is 1. The van der Waals surface area contributed by atoms with Gasteiger partial charge in [0.15, 0.2) is 6.10 Å². The fraction of sp³-hybridized carbons (Fsp3) is 0.222. The van der Waals surface area contributed by atoms with Crippen molar-refractivity contribution in [3.63, 3.8) is 0 Å². The Balaban J connectivity index is 2.24. The first-order chi connectivity index (χ1) is 13.1. The molecule has 0 aliphatic rings. The van der Waals surface area contributed by atoms with Gasteiger partial charge in [0.05, 0.1) is 17.7 Å². The van der Waals surface area contributed by atoms with Gasteiger partial charge in [-0.25, -0.2) is 17.6 Å². The number of esters is 1. The molecule has 0 heterocycles. The van der Waals surface area contributed by atoms with Crippen LogP contribution in [0, 0.1) is 5.82 Å². The van der Waals surface area contributed by atoms with Crippen molar-refractivity contribution >= 4 is 33.4 Å². The second-order valence-corrected chi connectivity index (χ2v) is 7.97. The third-order valence-electron chi connectivity index (χ3n) is 3.82. The van der Waals surface area contributed by atoms with Gasteiger partial charge in [0, 0.05) is 12.6 Å². The highest BCUT2D eigenvalue weighted by Gasteiger charge is 2.27. The van der Waals surface area contributed by atoms with E-state index in [0.29, 0.717) is 4.47 Å². The van der Waals surface area contributed by atoms with Crippen LogP contribution in [0.4, 0.5) is 4.39 Å². The van der Waals surface area contributed by atoms with Crippen LogP contribution in [0.15, 0.2) is 47.4 Å². The van der Waals surface area contributed by atoms with Gasteiger partial charge in [0.1, 0.15) is 10.7 Å². The summed E-state index contributed by atoms with van der Waals surface area (Å²) in [4.78, 5) is 29.0. The van der Waals surface area contributed by atoms with Gasteiger partial charge >= 0.3 is 5.97 Å². The van der Waals surface area contributed by atoms with Crippen LogP contribution in [0.2, 0.25) is 5.02 Å². The predicted octanol–water partition coefficient (Wildman–Crippen LogP) is 3.09. The van der Waals surface area contributed by atoms with Crippen LogP contribution in [0.25, 0.3) is 0 Å². The Morgan fingerprint density at radius 3 is 2.25 bits per heavy atom. The molecule has 150 valence electrons. The Kier molecular flexibility index (Phi) is 6.89. The molecule has 0 aromatic heterocycles. The molecule has 0 N–H and O–H groups in total. The Morgan fingerprint density at radius 2 is 1.68 bits per heavy atom. The van der Waals surface area contributed by atoms with Crippen LogP contribution in [0.1, 0.15) is 27.6 Å². The van der Waals surface area contributed by atoms with E-state index in [9.17, 15) is 22.4 Å². The van der Waals surface area contributed by atoms with Crippen molar-refractivity contribution in [2.75, 3.05) is 14.2 Å². The fourth-order valence-electron chi connectivity index (χ4n) is 2.20. The molecule has 0 fully saturated rings. The quantitative estimate of drug-likeness (QED) is 0.381. The minimum Gasteiger partial charge on any atom is -0.451 e. The Hall–Kier alpha value is -2.33. The number of Topliss-reactive ketones (excluding diaryl/α,β-unsaturated/α-hetero) is 1. The van der Waals surface area contributed by atoms with E-state index in [-0.39, 0.29) is 21.0 Å². The van der Waals surface area contributed by atoms with Crippen LogP contribution in [0.3, 0.4) is 0 Å². The zero-order chi connectivity index (χ0) is 21.1. The number of hydrogen-bond donors (Lipinski definition) is 0. The summed E-state index contributed by atoms with van der Waals surface area (Å²) >= 11 is 5.94.